The van der Waals surface area contributed by atoms with Gasteiger partial charge < -0.3 is 9.72 Å². The first-order valence-electron chi connectivity index (χ1n) is 3.90. The molecule has 2 aromatic rings. The van der Waals surface area contributed by atoms with Crippen LogP contribution in [0.2, 0.25) is 0 Å². The van der Waals surface area contributed by atoms with Gasteiger partial charge in [0.25, 0.3) is 0 Å². The molecule has 0 atom stereocenters. The summed E-state index contributed by atoms with van der Waals surface area (Å²) in [4.78, 5) is 11.1. The van der Waals surface area contributed by atoms with Gasteiger partial charge in [-0.15, -0.1) is 0 Å². The monoisotopic (exact) mass is 175 g/mol. The highest BCUT2D eigenvalue weighted by atomic mass is 16.5. The Bertz CT molecular complexity index is 384. The van der Waals surface area contributed by atoms with Crippen LogP contribution in [-0.2, 0) is 0 Å². The first-order chi connectivity index (χ1) is 6.40. The van der Waals surface area contributed by atoms with Gasteiger partial charge in [0.2, 0.25) is 0 Å². The summed E-state index contributed by atoms with van der Waals surface area (Å²) >= 11 is 0. The van der Waals surface area contributed by atoms with Gasteiger partial charge in [0.15, 0.2) is 0 Å². The van der Waals surface area contributed by atoms with Crippen molar-refractivity contribution < 1.29 is 4.74 Å². The summed E-state index contributed by atoms with van der Waals surface area (Å²) in [7, 11) is 1.55. The van der Waals surface area contributed by atoms with Gasteiger partial charge in [0.1, 0.15) is 0 Å². The van der Waals surface area contributed by atoms with Crippen LogP contribution in [0.3, 0.4) is 0 Å². The molecule has 0 unspecified atom stereocenters. The average Bonchev–Trinajstić information content (AvgIpc) is 2.71. The smallest absolute Gasteiger partial charge is 0.316 e. The third-order valence-electron chi connectivity index (χ3n) is 1.71. The topological polar surface area (TPSA) is 50.8 Å². The van der Waals surface area contributed by atoms with E-state index in [1.807, 2.05) is 24.5 Å². The van der Waals surface area contributed by atoms with Crippen molar-refractivity contribution in [3.05, 3.63) is 30.7 Å². The molecule has 0 aliphatic heterocycles. The van der Waals surface area contributed by atoms with Gasteiger partial charge in [-0.05, 0) is 12.1 Å². The van der Waals surface area contributed by atoms with Crippen molar-refractivity contribution >= 4 is 0 Å². The molecular formula is C9H9N3O. The maximum atomic E-state index is 4.92. The lowest BCUT2D eigenvalue weighted by atomic mass is 10.2. The Kier molecular flexibility index (Phi) is 1.96. The maximum absolute atomic E-state index is 4.92. The van der Waals surface area contributed by atoms with Gasteiger partial charge in [-0.3, -0.25) is 0 Å². The standard InChI is InChI=1S/C9H9N3O/c1-13-9-11-5-3-8(12-9)7-2-4-10-6-7/h2-6,10H,1H3. The highest BCUT2D eigenvalue weighted by Gasteiger charge is 2.01. The Hall–Kier alpha value is -1.84. The van der Waals surface area contributed by atoms with Crippen LogP contribution >= 0.6 is 0 Å². The van der Waals surface area contributed by atoms with Gasteiger partial charge in [-0.1, -0.05) is 0 Å². The number of hydrogen-bond donors (Lipinski definition) is 1. The third kappa shape index (κ3) is 1.51. The molecule has 0 spiro atoms. The van der Waals surface area contributed by atoms with E-state index in [2.05, 4.69) is 15.0 Å². The van der Waals surface area contributed by atoms with E-state index in [9.17, 15) is 0 Å². The van der Waals surface area contributed by atoms with Crippen molar-refractivity contribution in [3.63, 3.8) is 0 Å². The third-order valence-corrected chi connectivity index (χ3v) is 1.71. The highest BCUT2D eigenvalue weighted by Crippen LogP contribution is 2.16. The zero-order valence-electron chi connectivity index (χ0n) is 7.19. The number of methoxy groups -OCH3 is 1. The molecule has 4 nitrogen and oxygen atoms in total. The number of aromatic nitrogens is 3. The molecule has 2 rings (SSSR count). The fourth-order valence-electron chi connectivity index (χ4n) is 1.08. The molecule has 1 N–H and O–H groups in total. The van der Waals surface area contributed by atoms with E-state index in [-0.39, 0.29) is 0 Å². The normalized spacial score (nSPS) is 9.92. The van der Waals surface area contributed by atoms with Gasteiger partial charge in [-0.25, -0.2) is 4.98 Å². The fraction of sp³-hybridized carbons (Fsp3) is 0.111. The summed E-state index contributed by atoms with van der Waals surface area (Å²) in [5.41, 5.74) is 1.88. The van der Waals surface area contributed by atoms with Crippen LogP contribution in [0.15, 0.2) is 30.7 Å². The van der Waals surface area contributed by atoms with Crippen molar-refractivity contribution in [1.29, 1.82) is 0 Å². The first-order valence-corrected chi connectivity index (χ1v) is 3.90. The minimum absolute atomic E-state index is 0.388. The van der Waals surface area contributed by atoms with E-state index in [0.717, 1.165) is 11.3 Å². The second kappa shape index (κ2) is 3.26. The summed E-state index contributed by atoms with van der Waals surface area (Å²) in [5, 5.41) is 0. The molecule has 0 aliphatic rings. The molecule has 0 saturated heterocycles. The van der Waals surface area contributed by atoms with Gasteiger partial charge in [0, 0.05) is 24.2 Å². The number of nitrogens with zero attached hydrogens (tertiary/aromatic N) is 2. The Morgan fingerprint density at radius 1 is 1.38 bits per heavy atom. The molecule has 2 aromatic heterocycles. The minimum Gasteiger partial charge on any atom is -0.467 e. The van der Waals surface area contributed by atoms with Crippen molar-refractivity contribution in [1.82, 2.24) is 15.0 Å². The van der Waals surface area contributed by atoms with Crippen molar-refractivity contribution in [2.24, 2.45) is 0 Å². The molecule has 4 heteroatoms. The first kappa shape index (κ1) is 7.79. The molecule has 2 heterocycles. The second-order valence-electron chi connectivity index (χ2n) is 2.53. The van der Waals surface area contributed by atoms with Crippen LogP contribution in [-0.4, -0.2) is 22.1 Å². The van der Waals surface area contributed by atoms with Gasteiger partial charge in [0.05, 0.1) is 12.8 Å². The Morgan fingerprint density at radius 2 is 2.31 bits per heavy atom. The second-order valence-corrected chi connectivity index (χ2v) is 2.53. The van der Waals surface area contributed by atoms with Crippen LogP contribution < -0.4 is 4.74 Å². The molecule has 0 fully saturated rings. The molecule has 0 saturated carbocycles. The van der Waals surface area contributed by atoms with E-state index < -0.39 is 0 Å². The number of H-pyrrole nitrogens is 1. The van der Waals surface area contributed by atoms with Crippen LogP contribution in [0.1, 0.15) is 0 Å². The van der Waals surface area contributed by atoms with E-state index in [1.165, 1.54) is 0 Å². The SMILES string of the molecule is COc1nccc(-c2cc[nH]c2)n1. The molecule has 66 valence electrons. The summed E-state index contributed by atoms with van der Waals surface area (Å²) in [6.07, 6.45) is 5.40. The lowest BCUT2D eigenvalue weighted by molar-refractivity contribution is 0.380. The number of hydrogen-bond acceptors (Lipinski definition) is 3. The zero-order chi connectivity index (χ0) is 9.10. The summed E-state index contributed by atoms with van der Waals surface area (Å²) in [6.45, 7) is 0. The Morgan fingerprint density at radius 3 is 3.00 bits per heavy atom. The minimum atomic E-state index is 0.388. The molecule has 0 radical (unpaired) electrons. The zero-order valence-corrected chi connectivity index (χ0v) is 7.19. The van der Waals surface area contributed by atoms with Crippen molar-refractivity contribution in [3.8, 4) is 17.3 Å². The number of ether oxygens (including phenoxy) is 1. The Labute approximate surface area is 75.6 Å². The van der Waals surface area contributed by atoms with Crippen LogP contribution in [0.4, 0.5) is 0 Å². The summed E-state index contributed by atoms with van der Waals surface area (Å²) < 4.78 is 4.92. The van der Waals surface area contributed by atoms with E-state index in [0.29, 0.717) is 6.01 Å². The largest absolute Gasteiger partial charge is 0.467 e. The van der Waals surface area contributed by atoms with E-state index in [1.54, 1.807) is 13.3 Å². The van der Waals surface area contributed by atoms with Crippen LogP contribution in [0.25, 0.3) is 11.3 Å². The molecular weight excluding hydrogens is 166 g/mol. The molecule has 13 heavy (non-hydrogen) atoms. The predicted octanol–water partition coefficient (Wildman–Crippen LogP) is 1.48. The highest BCUT2D eigenvalue weighted by molar-refractivity contribution is 5.57. The number of rotatable bonds is 2. The maximum Gasteiger partial charge on any atom is 0.316 e. The summed E-state index contributed by atoms with van der Waals surface area (Å²) in [6, 6.07) is 4.17. The molecule has 0 amide bonds. The summed E-state index contributed by atoms with van der Waals surface area (Å²) in [5.74, 6) is 0. The lowest BCUT2D eigenvalue weighted by Gasteiger charge is -1.99. The number of aromatic amines is 1. The predicted molar refractivity (Wildman–Crippen MR) is 48.4 cm³/mol. The molecule has 0 aromatic carbocycles. The average molecular weight is 175 g/mol. The van der Waals surface area contributed by atoms with E-state index >= 15 is 0 Å². The molecule has 0 bridgehead atoms. The number of nitrogens with one attached hydrogen (secondary N) is 1. The van der Waals surface area contributed by atoms with Gasteiger partial charge >= 0.3 is 6.01 Å². The van der Waals surface area contributed by atoms with E-state index in [4.69, 9.17) is 4.74 Å². The fourth-order valence-corrected chi connectivity index (χ4v) is 1.08. The Balaban J connectivity index is 2.41. The van der Waals surface area contributed by atoms with Gasteiger partial charge in [-0.2, -0.15) is 4.98 Å². The quantitative estimate of drug-likeness (QED) is 0.752. The van der Waals surface area contributed by atoms with Crippen molar-refractivity contribution in [2.75, 3.05) is 7.11 Å². The van der Waals surface area contributed by atoms with Crippen molar-refractivity contribution in [2.45, 2.75) is 0 Å². The molecule has 0 aliphatic carbocycles. The van der Waals surface area contributed by atoms with Crippen LogP contribution in [0.5, 0.6) is 6.01 Å². The van der Waals surface area contributed by atoms with Crippen LogP contribution in [0, 0.1) is 0 Å². The lowest BCUT2D eigenvalue weighted by Crippen LogP contribution is -1.92.